The third kappa shape index (κ3) is 2.93. The lowest BCUT2D eigenvalue weighted by Gasteiger charge is -2.12. The van der Waals surface area contributed by atoms with Gasteiger partial charge in [0.1, 0.15) is 10.7 Å². The fourth-order valence-electron chi connectivity index (χ4n) is 1.72. The number of aromatic carboxylic acids is 1. The molecule has 2 aromatic rings. The van der Waals surface area contributed by atoms with Crippen molar-refractivity contribution in [3.05, 3.63) is 47.8 Å². The van der Waals surface area contributed by atoms with E-state index in [1.165, 1.54) is 24.3 Å². The maximum absolute atomic E-state index is 13.2. The van der Waals surface area contributed by atoms with Gasteiger partial charge in [-0.3, -0.25) is 4.72 Å². The van der Waals surface area contributed by atoms with Crippen molar-refractivity contribution in [2.45, 2.75) is 4.90 Å². The predicted molar refractivity (Wildman–Crippen MR) is 79.4 cm³/mol. The fourth-order valence-corrected chi connectivity index (χ4v) is 2.92. The second-order valence-electron chi connectivity index (χ2n) is 4.36. The summed E-state index contributed by atoms with van der Waals surface area (Å²) in [7, 11) is -4.09. The van der Waals surface area contributed by atoms with E-state index in [0.29, 0.717) is 0 Å². The Morgan fingerprint density at radius 3 is 2.18 bits per heavy atom. The lowest BCUT2D eigenvalue weighted by atomic mass is 10.2. The van der Waals surface area contributed by atoms with E-state index in [0.717, 1.165) is 12.1 Å². The number of sulfonamides is 1. The Labute approximate surface area is 125 Å². The van der Waals surface area contributed by atoms with E-state index in [1.54, 1.807) is 0 Å². The van der Waals surface area contributed by atoms with Crippen LogP contribution in [0.5, 0.6) is 0 Å². The molecule has 0 bridgehead atoms. The van der Waals surface area contributed by atoms with Crippen LogP contribution < -0.4 is 16.2 Å². The summed E-state index contributed by atoms with van der Waals surface area (Å²) in [5.74, 6) is -1.95. The van der Waals surface area contributed by atoms with Gasteiger partial charge in [0.15, 0.2) is 0 Å². The summed E-state index contributed by atoms with van der Waals surface area (Å²) < 4.78 is 39.9. The van der Waals surface area contributed by atoms with Crippen LogP contribution in [0.1, 0.15) is 10.4 Å². The van der Waals surface area contributed by atoms with Gasteiger partial charge in [-0.25, -0.2) is 17.6 Å². The van der Waals surface area contributed by atoms with Gasteiger partial charge in [0, 0.05) is 5.69 Å². The van der Waals surface area contributed by atoms with Gasteiger partial charge in [-0.05, 0) is 36.4 Å². The molecule has 0 aliphatic heterocycles. The Bertz CT molecular complexity index is 835. The molecule has 6 N–H and O–H groups in total. The third-order valence-corrected chi connectivity index (χ3v) is 4.31. The van der Waals surface area contributed by atoms with Crippen LogP contribution in [-0.4, -0.2) is 19.5 Å². The van der Waals surface area contributed by atoms with Crippen LogP contribution in [0.4, 0.5) is 21.5 Å². The molecule has 0 spiro atoms. The maximum atomic E-state index is 13.2. The summed E-state index contributed by atoms with van der Waals surface area (Å²) in [5.41, 5.74) is 10.2. The van der Waals surface area contributed by atoms with Crippen LogP contribution in [0, 0.1) is 5.82 Å². The third-order valence-electron chi connectivity index (χ3n) is 2.87. The number of nitrogens with two attached hydrogens (primary N) is 2. The topological polar surface area (TPSA) is 136 Å². The van der Waals surface area contributed by atoms with Crippen molar-refractivity contribution in [3.8, 4) is 0 Å². The highest BCUT2D eigenvalue weighted by Crippen LogP contribution is 2.28. The maximum Gasteiger partial charge on any atom is 0.335 e. The zero-order valence-electron chi connectivity index (χ0n) is 11.1. The molecule has 7 nitrogen and oxygen atoms in total. The molecule has 0 aliphatic carbocycles. The molecule has 0 aliphatic rings. The molecular weight excluding hydrogens is 313 g/mol. The first-order valence-electron chi connectivity index (χ1n) is 5.92. The van der Waals surface area contributed by atoms with E-state index < -0.39 is 33.2 Å². The van der Waals surface area contributed by atoms with Crippen LogP contribution in [-0.2, 0) is 10.0 Å². The molecule has 0 fully saturated rings. The van der Waals surface area contributed by atoms with Crippen molar-refractivity contribution < 1.29 is 22.7 Å². The highest BCUT2D eigenvalue weighted by Gasteiger charge is 2.20. The molecule has 0 saturated carbocycles. The van der Waals surface area contributed by atoms with Crippen LogP contribution in [0.15, 0.2) is 41.3 Å². The number of carboxylic acids is 1. The summed E-state index contributed by atoms with van der Waals surface area (Å²) in [6.45, 7) is 0. The number of carboxylic acid groups (broad SMARTS) is 1. The van der Waals surface area contributed by atoms with Gasteiger partial charge in [-0.15, -0.1) is 0 Å². The molecule has 0 atom stereocenters. The molecule has 0 unspecified atom stereocenters. The molecule has 0 radical (unpaired) electrons. The first-order chi connectivity index (χ1) is 10.2. The number of halogens is 1. The number of hydrogen-bond donors (Lipinski definition) is 4. The monoisotopic (exact) mass is 325 g/mol. The van der Waals surface area contributed by atoms with E-state index in [-0.39, 0.29) is 16.1 Å². The molecule has 22 heavy (non-hydrogen) atoms. The number of anilines is 3. The zero-order valence-corrected chi connectivity index (χ0v) is 11.9. The molecular formula is C13H12FN3O4S. The summed E-state index contributed by atoms with van der Waals surface area (Å²) in [4.78, 5) is 10.4. The Morgan fingerprint density at radius 2 is 1.64 bits per heavy atom. The number of benzene rings is 2. The van der Waals surface area contributed by atoms with Gasteiger partial charge in [0.2, 0.25) is 0 Å². The van der Waals surface area contributed by atoms with Gasteiger partial charge < -0.3 is 16.6 Å². The molecule has 0 saturated heterocycles. The van der Waals surface area contributed by atoms with Crippen LogP contribution in [0.2, 0.25) is 0 Å². The lowest BCUT2D eigenvalue weighted by molar-refractivity contribution is 0.0697. The summed E-state index contributed by atoms with van der Waals surface area (Å²) >= 11 is 0. The van der Waals surface area contributed by atoms with E-state index >= 15 is 0 Å². The Kier molecular flexibility index (Phi) is 3.91. The van der Waals surface area contributed by atoms with Crippen molar-refractivity contribution >= 4 is 33.1 Å². The van der Waals surface area contributed by atoms with Crippen LogP contribution in [0.25, 0.3) is 0 Å². The minimum Gasteiger partial charge on any atom is -0.478 e. The van der Waals surface area contributed by atoms with Crippen LogP contribution >= 0.6 is 0 Å². The normalized spacial score (nSPS) is 11.1. The first kappa shape index (κ1) is 15.6. The molecule has 2 rings (SSSR count). The van der Waals surface area contributed by atoms with Crippen molar-refractivity contribution in [2.75, 3.05) is 16.2 Å². The Balaban J connectivity index is 2.36. The van der Waals surface area contributed by atoms with E-state index in [4.69, 9.17) is 16.6 Å². The standard InChI is InChI=1S/C13H12FN3O4S/c14-9-5-6-10(12(16)11(9)15)22(20,21)17-8-3-1-7(2-4-8)13(18)19/h1-6,17H,15-16H2,(H,18,19). The highest BCUT2D eigenvalue weighted by molar-refractivity contribution is 7.92. The SMILES string of the molecule is Nc1c(F)ccc(S(=O)(=O)Nc2ccc(C(=O)O)cc2)c1N. The second kappa shape index (κ2) is 5.53. The number of nitrogen functional groups attached to an aromatic ring is 2. The van der Waals surface area contributed by atoms with Crippen molar-refractivity contribution in [1.29, 1.82) is 0 Å². The zero-order chi connectivity index (χ0) is 16.5. The van der Waals surface area contributed by atoms with Crippen LogP contribution in [0.3, 0.4) is 0 Å². The molecule has 116 valence electrons. The van der Waals surface area contributed by atoms with E-state index in [9.17, 15) is 17.6 Å². The number of carbonyl (C=O) groups is 1. The quantitative estimate of drug-likeness (QED) is 0.629. The minimum atomic E-state index is -4.09. The molecule has 0 aromatic heterocycles. The lowest BCUT2D eigenvalue weighted by Crippen LogP contribution is -2.16. The van der Waals surface area contributed by atoms with Gasteiger partial charge in [0.25, 0.3) is 10.0 Å². The van der Waals surface area contributed by atoms with Crippen molar-refractivity contribution in [2.24, 2.45) is 0 Å². The van der Waals surface area contributed by atoms with Crippen molar-refractivity contribution in [3.63, 3.8) is 0 Å². The van der Waals surface area contributed by atoms with E-state index in [2.05, 4.69) is 4.72 Å². The largest absolute Gasteiger partial charge is 0.478 e. The number of rotatable bonds is 4. The molecule has 0 heterocycles. The average Bonchev–Trinajstić information content (AvgIpc) is 2.44. The molecule has 2 aromatic carbocycles. The average molecular weight is 325 g/mol. The minimum absolute atomic E-state index is 0.00786. The van der Waals surface area contributed by atoms with Gasteiger partial charge in [-0.2, -0.15) is 0 Å². The first-order valence-corrected chi connectivity index (χ1v) is 7.40. The van der Waals surface area contributed by atoms with Gasteiger partial charge in [0.05, 0.1) is 16.9 Å². The van der Waals surface area contributed by atoms with E-state index in [1.807, 2.05) is 0 Å². The summed E-state index contributed by atoms with van der Waals surface area (Å²) in [6, 6.07) is 6.93. The Morgan fingerprint density at radius 1 is 1.05 bits per heavy atom. The number of nitrogens with one attached hydrogen (secondary N) is 1. The van der Waals surface area contributed by atoms with Gasteiger partial charge >= 0.3 is 5.97 Å². The second-order valence-corrected chi connectivity index (χ2v) is 6.01. The van der Waals surface area contributed by atoms with Crippen molar-refractivity contribution in [1.82, 2.24) is 0 Å². The fraction of sp³-hybridized carbons (Fsp3) is 0. The molecule has 9 heteroatoms. The smallest absolute Gasteiger partial charge is 0.335 e. The molecule has 0 amide bonds. The summed E-state index contributed by atoms with van der Waals surface area (Å²) in [5, 5.41) is 8.77. The highest BCUT2D eigenvalue weighted by atomic mass is 32.2. The number of hydrogen-bond acceptors (Lipinski definition) is 5. The Hall–Kier alpha value is -2.81. The predicted octanol–water partition coefficient (Wildman–Crippen LogP) is 1.49. The summed E-state index contributed by atoms with van der Waals surface area (Å²) in [6.07, 6.45) is 0. The van der Waals surface area contributed by atoms with Gasteiger partial charge in [-0.1, -0.05) is 0 Å².